The summed E-state index contributed by atoms with van der Waals surface area (Å²) < 4.78 is 12.9. The maximum atomic E-state index is 12.9. The number of nitrogens with one attached hydrogen (secondary N) is 2. The van der Waals surface area contributed by atoms with Gasteiger partial charge >= 0.3 is 0 Å². The number of hydrogen-bond donors (Lipinski definition) is 3. The largest absolute Gasteiger partial charge is 0.369 e. The first-order chi connectivity index (χ1) is 12.0. The molecule has 2 rings (SSSR count). The lowest BCUT2D eigenvalue weighted by atomic mass is 9.98. The smallest absolute Gasteiger partial charge is 0.222 e. The van der Waals surface area contributed by atoms with Crippen LogP contribution in [0.25, 0.3) is 0 Å². The fourth-order valence-corrected chi connectivity index (χ4v) is 2.18. The van der Waals surface area contributed by atoms with Gasteiger partial charge in [0, 0.05) is 31.9 Å². The van der Waals surface area contributed by atoms with E-state index in [1.807, 2.05) is 0 Å². The Kier molecular flexibility index (Phi) is 6.82. The standard InChI is InChI=1S/C17H20FN5O2/c18-14-4-2-12(3-5-14)10-13(16(19)25)11-23-15(24)6-9-22-17-20-7-1-8-21-17/h1-5,7-8,13H,6,9-11H2,(H2,19,25)(H,23,24)(H,20,21,22). The fraction of sp³-hybridized carbons (Fsp3) is 0.294. The van der Waals surface area contributed by atoms with Gasteiger partial charge in [-0.25, -0.2) is 14.4 Å². The van der Waals surface area contributed by atoms with Crippen LogP contribution in [0, 0.1) is 11.7 Å². The molecule has 132 valence electrons. The Morgan fingerprint density at radius 3 is 2.48 bits per heavy atom. The molecule has 0 aliphatic carbocycles. The van der Waals surface area contributed by atoms with Gasteiger partial charge in [-0.05, 0) is 30.2 Å². The number of amides is 2. The van der Waals surface area contributed by atoms with E-state index in [4.69, 9.17) is 5.73 Å². The van der Waals surface area contributed by atoms with E-state index in [-0.39, 0.29) is 24.7 Å². The number of carbonyl (C=O) groups excluding carboxylic acids is 2. The number of hydrogen-bond acceptors (Lipinski definition) is 5. The average molecular weight is 345 g/mol. The molecule has 1 heterocycles. The molecule has 0 aliphatic heterocycles. The lowest BCUT2D eigenvalue weighted by Gasteiger charge is -2.14. The third kappa shape index (κ3) is 6.54. The molecule has 8 heteroatoms. The Bertz CT molecular complexity index is 694. The van der Waals surface area contributed by atoms with Gasteiger partial charge in [0.15, 0.2) is 0 Å². The summed E-state index contributed by atoms with van der Waals surface area (Å²) in [6, 6.07) is 7.53. The molecule has 1 aromatic heterocycles. The highest BCUT2D eigenvalue weighted by Crippen LogP contribution is 2.09. The summed E-state index contributed by atoms with van der Waals surface area (Å²) in [6.07, 6.45) is 3.75. The third-order valence-electron chi connectivity index (χ3n) is 3.54. The molecule has 1 unspecified atom stereocenters. The number of aromatic nitrogens is 2. The molecule has 7 nitrogen and oxygen atoms in total. The van der Waals surface area contributed by atoms with Crippen molar-refractivity contribution in [3.05, 3.63) is 54.1 Å². The molecular formula is C17H20FN5O2. The molecule has 0 fully saturated rings. The van der Waals surface area contributed by atoms with Crippen molar-refractivity contribution in [3.8, 4) is 0 Å². The Labute approximate surface area is 144 Å². The van der Waals surface area contributed by atoms with Crippen LogP contribution in [0.3, 0.4) is 0 Å². The molecule has 0 aliphatic rings. The molecule has 0 saturated heterocycles. The zero-order chi connectivity index (χ0) is 18.1. The van der Waals surface area contributed by atoms with Crippen LogP contribution in [0.5, 0.6) is 0 Å². The Balaban J connectivity index is 1.75. The van der Waals surface area contributed by atoms with Crippen molar-refractivity contribution in [1.82, 2.24) is 15.3 Å². The van der Waals surface area contributed by atoms with E-state index >= 15 is 0 Å². The quantitative estimate of drug-likeness (QED) is 0.625. The maximum absolute atomic E-state index is 12.9. The molecule has 2 amide bonds. The minimum atomic E-state index is -0.556. The summed E-state index contributed by atoms with van der Waals surface area (Å²) in [6.45, 7) is 0.502. The van der Waals surface area contributed by atoms with Crippen molar-refractivity contribution in [2.75, 3.05) is 18.4 Å². The molecular weight excluding hydrogens is 325 g/mol. The first kappa shape index (κ1) is 18.3. The summed E-state index contributed by atoms with van der Waals surface area (Å²) in [5.74, 6) is -1.18. The van der Waals surface area contributed by atoms with Crippen molar-refractivity contribution in [2.45, 2.75) is 12.8 Å². The summed E-state index contributed by atoms with van der Waals surface area (Å²) in [5.41, 5.74) is 6.16. The molecule has 0 radical (unpaired) electrons. The second-order valence-electron chi connectivity index (χ2n) is 5.48. The predicted octanol–water partition coefficient (Wildman–Crippen LogP) is 0.878. The van der Waals surface area contributed by atoms with Crippen molar-refractivity contribution in [3.63, 3.8) is 0 Å². The molecule has 2 aromatic rings. The van der Waals surface area contributed by atoms with Gasteiger partial charge < -0.3 is 16.4 Å². The lowest BCUT2D eigenvalue weighted by Crippen LogP contribution is -2.37. The third-order valence-corrected chi connectivity index (χ3v) is 3.54. The normalized spacial score (nSPS) is 11.6. The summed E-state index contributed by atoms with van der Waals surface area (Å²) in [4.78, 5) is 31.4. The van der Waals surface area contributed by atoms with Crippen LogP contribution < -0.4 is 16.4 Å². The highest BCUT2D eigenvalue weighted by Gasteiger charge is 2.17. The zero-order valence-corrected chi connectivity index (χ0v) is 13.6. The first-order valence-corrected chi connectivity index (χ1v) is 7.86. The highest BCUT2D eigenvalue weighted by atomic mass is 19.1. The zero-order valence-electron chi connectivity index (χ0n) is 13.6. The number of primary amides is 1. The number of anilines is 1. The molecule has 0 spiro atoms. The SMILES string of the molecule is NC(=O)C(CNC(=O)CCNc1ncccn1)Cc1ccc(F)cc1. The Morgan fingerprint density at radius 1 is 1.16 bits per heavy atom. The van der Waals surface area contributed by atoms with Gasteiger partial charge in [-0.3, -0.25) is 9.59 Å². The topological polar surface area (TPSA) is 110 Å². The van der Waals surface area contributed by atoms with Crippen LogP contribution in [0.1, 0.15) is 12.0 Å². The molecule has 4 N–H and O–H groups in total. The minimum absolute atomic E-state index is 0.132. The molecule has 0 bridgehead atoms. The van der Waals surface area contributed by atoms with Crippen LogP contribution in [0.4, 0.5) is 10.3 Å². The fourth-order valence-electron chi connectivity index (χ4n) is 2.18. The van der Waals surface area contributed by atoms with Gasteiger partial charge in [-0.1, -0.05) is 12.1 Å². The second kappa shape index (κ2) is 9.31. The number of benzene rings is 1. The monoisotopic (exact) mass is 345 g/mol. The van der Waals surface area contributed by atoms with E-state index in [1.165, 1.54) is 12.1 Å². The van der Waals surface area contributed by atoms with Crippen molar-refractivity contribution in [2.24, 2.45) is 11.7 Å². The van der Waals surface area contributed by atoms with E-state index in [2.05, 4.69) is 20.6 Å². The van der Waals surface area contributed by atoms with Gasteiger partial charge in [-0.2, -0.15) is 0 Å². The molecule has 1 atom stereocenters. The van der Waals surface area contributed by atoms with Crippen LogP contribution in [0.2, 0.25) is 0 Å². The van der Waals surface area contributed by atoms with Crippen LogP contribution in [-0.4, -0.2) is 34.9 Å². The van der Waals surface area contributed by atoms with E-state index in [0.717, 1.165) is 5.56 Å². The van der Waals surface area contributed by atoms with Crippen LogP contribution in [-0.2, 0) is 16.0 Å². The van der Waals surface area contributed by atoms with E-state index in [1.54, 1.807) is 30.6 Å². The number of rotatable bonds is 9. The van der Waals surface area contributed by atoms with E-state index in [0.29, 0.717) is 18.9 Å². The van der Waals surface area contributed by atoms with Crippen LogP contribution in [0.15, 0.2) is 42.7 Å². The summed E-state index contributed by atoms with van der Waals surface area (Å²) >= 11 is 0. The number of halogens is 1. The molecule has 0 saturated carbocycles. The van der Waals surface area contributed by atoms with Crippen molar-refractivity contribution < 1.29 is 14.0 Å². The van der Waals surface area contributed by atoms with Gasteiger partial charge in [-0.15, -0.1) is 0 Å². The van der Waals surface area contributed by atoms with Crippen LogP contribution >= 0.6 is 0 Å². The number of nitrogens with two attached hydrogens (primary N) is 1. The lowest BCUT2D eigenvalue weighted by molar-refractivity contribution is -0.123. The predicted molar refractivity (Wildman–Crippen MR) is 90.9 cm³/mol. The number of carbonyl (C=O) groups is 2. The van der Waals surface area contributed by atoms with Gasteiger partial charge in [0.05, 0.1) is 5.92 Å². The first-order valence-electron chi connectivity index (χ1n) is 7.86. The van der Waals surface area contributed by atoms with Gasteiger partial charge in [0.25, 0.3) is 0 Å². The Morgan fingerprint density at radius 2 is 1.84 bits per heavy atom. The van der Waals surface area contributed by atoms with Crippen molar-refractivity contribution in [1.29, 1.82) is 0 Å². The van der Waals surface area contributed by atoms with E-state index < -0.39 is 11.8 Å². The summed E-state index contributed by atoms with van der Waals surface area (Å²) in [5, 5.41) is 5.61. The summed E-state index contributed by atoms with van der Waals surface area (Å²) in [7, 11) is 0. The molecule has 1 aromatic carbocycles. The highest BCUT2D eigenvalue weighted by molar-refractivity contribution is 5.80. The number of nitrogens with zero attached hydrogens (tertiary/aromatic N) is 2. The molecule has 25 heavy (non-hydrogen) atoms. The maximum Gasteiger partial charge on any atom is 0.222 e. The second-order valence-corrected chi connectivity index (χ2v) is 5.48. The van der Waals surface area contributed by atoms with Gasteiger partial charge in [0.1, 0.15) is 5.82 Å². The Hall–Kier alpha value is -3.03. The average Bonchev–Trinajstić information content (AvgIpc) is 2.61. The van der Waals surface area contributed by atoms with Gasteiger partial charge in [0.2, 0.25) is 17.8 Å². The minimum Gasteiger partial charge on any atom is -0.369 e. The van der Waals surface area contributed by atoms with E-state index in [9.17, 15) is 14.0 Å². The van der Waals surface area contributed by atoms with Crippen molar-refractivity contribution >= 4 is 17.8 Å².